The molecule has 0 radical (unpaired) electrons. The van der Waals surface area contributed by atoms with Crippen molar-refractivity contribution in [1.29, 1.82) is 0 Å². The predicted molar refractivity (Wildman–Crippen MR) is 64.5 cm³/mol. The summed E-state index contributed by atoms with van der Waals surface area (Å²) < 4.78 is 11.0. The van der Waals surface area contributed by atoms with Gasteiger partial charge in [-0.25, -0.2) is 0 Å². The van der Waals surface area contributed by atoms with Gasteiger partial charge in [-0.15, -0.1) is 0 Å². The van der Waals surface area contributed by atoms with Crippen molar-refractivity contribution in [2.75, 3.05) is 25.6 Å². The van der Waals surface area contributed by atoms with Gasteiger partial charge in [-0.1, -0.05) is 25.0 Å². The van der Waals surface area contributed by atoms with Crippen molar-refractivity contribution in [2.24, 2.45) is 5.92 Å². The van der Waals surface area contributed by atoms with Crippen LogP contribution in [0.4, 0.5) is 5.69 Å². The first-order chi connectivity index (χ1) is 7.86. The zero-order valence-electron chi connectivity index (χ0n) is 9.52. The topological polar surface area (TPSA) is 44.5 Å². The number of anilines is 1. The summed E-state index contributed by atoms with van der Waals surface area (Å²) in [6.07, 6.45) is 3.98. The smallest absolute Gasteiger partial charge is 0.142 e. The van der Waals surface area contributed by atoms with Crippen LogP contribution in [0.1, 0.15) is 19.3 Å². The van der Waals surface area contributed by atoms with E-state index >= 15 is 0 Å². The zero-order valence-corrected chi connectivity index (χ0v) is 9.52. The van der Waals surface area contributed by atoms with Gasteiger partial charge in [-0.2, -0.15) is 0 Å². The Kier molecular flexibility index (Phi) is 4.05. The molecule has 0 atom stereocenters. The molecule has 16 heavy (non-hydrogen) atoms. The van der Waals surface area contributed by atoms with Crippen molar-refractivity contribution in [3.8, 4) is 5.75 Å². The highest BCUT2D eigenvalue weighted by atomic mass is 16.5. The fourth-order valence-corrected chi connectivity index (χ4v) is 1.58. The molecule has 1 aromatic rings. The van der Waals surface area contributed by atoms with E-state index in [-0.39, 0.29) is 0 Å². The minimum absolute atomic E-state index is 0.568. The van der Waals surface area contributed by atoms with Crippen molar-refractivity contribution in [2.45, 2.75) is 19.3 Å². The van der Waals surface area contributed by atoms with E-state index in [1.54, 1.807) is 0 Å². The zero-order chi connectivity index (χ0) is 11.2. The standard InChI is InChI=1S/C13H19NO2/c14-12-3-1-2-4-13(12)16-10-9-15-8-7-11-5-6-11/h1-4,11H,5-10,14H2. The molecule has 0 spiro atoms. The van der Waals surface area contributed by atoms with Crippen molar-refractivity contribution >= 4 is 5.69 Å². The van der Waals surface area contributed by atoms with Crippen molar-refractivity contribution in [3.05, 3.63) is 24.3 Å². The van der Waals surface area contributed by atoms with Crippen LogP contribution in [0.25, 0.3) is 0 Å². The third-order valence-electron chi connectivity index (χ3n) is 2.77. The normalized spacial score (nSPS) is 15.0. The molecule has 1 aromatic carbocycles. The monoisotopic (exact) mass is 221 g/mol. The predicted octanol–water partition coefficient (Wildman–Crippen LogP) is 2.46. The van der Waals surface area contributed by atoms with Gasteiger partial charge in [0.2, 0.25) is 0 Å². The van der Waals surface area contributed by atoms with Gasteiger partial charge >= 0.3 is 0 Å². The molecule has 1 saturated carbocycles. The molecule has 1 aliphatic carbocycles. The van der Waals surface area contributed by atoms with Crippen LogP contribution in [0, 0.1) is 5.92 Å². The molecule has 1 aliphatic rings. The molecule has 2 N–H and O–H groups in total. The van der Waals surface area contributed by atoms with Crippen LogP contribution in [-0.4, -0.2) is 19.8 Å². The van der Waals surface area contributed by atoms with E-state index in [1.165, 1.54) is 19.3 Å². The number of ether oxygens (including phenoxy) is 2. The second-order valence-corrected chi connectivity index (χ2v) is 4.23. The van der Waals surface area contributed by atoms with E-state index in [9.17, 15) is 0 Å². The molecule has 0 heterocycles. The van der Waals surface area contributed by atoms with Gasteiger partial charge in [0.1, 0.15) is 12.4 Å². The fraction of sp³-hybridized carbons (Fsp3) is 0.538. The molecule has 2 rings (SSSR count). The number of rotatable bonds is 7. The van der Waals surface area contributed by atoms with Gasteiger partial charge in [-0.3, -0.25) is 0 Å². The lowest BCUT2D eigenvalue weighted by atomic mass is 10.3. The van der Waals surface area contributed by atoms with E-state index < -0.39 is 0 Å². The Balaban J connectivity index is 1.55. The van der Waals surface area contributed by atoms with Gasteiger partial charge < -0.3 is 15.2 Å². The van der Waals surface area contributed by atoms with Gasteiger partial charge in [0.25, 0.3) is 0 Å². The van der Waals surface area contributed by atoms with Gasteiger partial charge in [-0.05, 0) is 24.5 Å². The number of nitrogens with two attached hydrogens (primary N) is 1. The van der Waals surface area contributed by atoms with Crippen LogP contribution in [0.3, 0.4) is 0 Å². The van der Waals surface area contributed by atoms with Gasteiger partial charge in [0.15, 0.2) is 0 Å². The quantitative estimate of drug-likeness (QED) is 0.568. The summed E-state index contributed by atoms with van der Waals surface area (Å²) in [6, 6.07) is 7.52. The van der Waals surface area contributed by atoms with Crippen molar-refractivity contribution in [1.82, 2.24) is 0 Å². The minimum Gasteiger partial charge on any atom is -0.489 e. The number of hydrogen-bond donors (Lipinski definition) is 1. The van der Waals surface area contributed by atoms with Crippen molar-refractivity contribution in [3.63, 3.8) is 0 Å². The summed E-state index contributed by atoms with van der Waals surface area (Å²) in [6.45, 7) is 2.07. The van der Waals surface area contributed by atoms with E-state index in [4.69, 9.17) is 15.2 Å². The molecule has 1 fully saturated rings. The minimum atomic E-state index is 0.568. The van der Waals surface area contributed by atoms with E-state index in [1.807, 2.05) is 24.3 Å². The Bertz CT molecular complexity index is 323. The number of nitrogen functional groups attached to an aromatic ring is 1. The van der Waals surface area contributed by atoms with Crippen LogP contribution in [-0.2, 0) is 4.74 Å². The maximum absolute atomic E-state index is 5.74. The summed E-state index contributed by atoms with van der Waals surface area (Å²) in [4.78, 5) is 0. The second-order valence-electron chi connectivity index (χ2n) is 4.23. The highest BCUT2D eigenvalue weighted by Gasteiger charge is 2.20. The largest absolute Gasteiger partial charge is 0.489 e. The summed E-state index contributed by atoms with van der Waals surface area (Å²) in [5.74, 6) is 1.68. The lowest BCUT2D eigenvalue weighted by Crippen LogP contribution is -2.08. The molecule has 0 aliphatic heterocycles. The molecule has 0 unspecified atom stereocenters. The molecule has 0 bridgehead atoms. The molecule has 0 aromatic heterocycles. The van der Waals surface area contributed by atoms with Crippen LogP contribution in [0.2, 0.25) is 0 Å². The molecule has 3 nitrogen and oxygen atoms in total. The SMILES string of the molecule is Nc1ccccc1OCCOCCC1CC1. The number of hydrogen-bond acceptors (Lipinski definition) is 3. The lowest BCUT2D eigenvalue weighted by Gasteiger charge is -2.08. The number of benzene rings is 1. The Labute approximate surface area is 96.5 Å². The Morgan fingerprint density at radius 1 is 1.12 bits per heavy atom. The first-order valence-corrected chi connectivity index (χ1v) is 5.91. The van der Waals surface area contributed by atoms with Gasteiger partial charge in [0.05, 0.1) is 12.3 Å². The fourth-order valence-electron chi connectivity index (χ4n) is 1.58. The third-order valence-corrected chi connectivity index (χ3v) is 2.77. The average molecular weight is 221 g/mol. The third kappa shape index (κ3) is 3.74. The average Bonchev–Trinajstić information content (AvgIpc) is 3.09. The van der Waals surface area contributed by atoms with E-state index in [2.05, 4.69) is 0 Å². The van der Waals surface area contributed by atoms with Crippen LogP contribution < -0.4 is 10.5 Å². The summed E-state index contributed by atoms with van der Waals surface area (Å²) in [5.41, 5.74) is 6.42. The molecule has 0 saturated heterocycles. The first kappa shape index (κ1) is 11.3. The van der Waals surface area contributed by atoms with Gasteiger partial charge in [0, 0.05) is 6.61 Å². The molecule has 88 valence electrons. The van der Waals surface area contributed by atoms with Crippen molar-refractivity contribution < 1.29 is 9.47 Å². The van der Waals surface area contributed by atoms with Crippen LogP contribution >= 0.6 is 0 Å². The number of para-hydroxylation sites is 2. The maximum Gasteiger partial charge on any atom is 0.142 e. The van der Waals surface area contributed by atoms with E-state index in [0.717, 1.165) is 18.3 Å². The van der Waals surface area contributed by atoms with Crippen LogP contribution in [0.15, 0.2) is 24.3 Å². The molecular formula is C13H19NO2. The maximum atomic E-state index is 5.74. The Morgan fingerprint density at radius 3 is 2.69 bits per heavy atom. The highest BCUT2D eigenvalue weighted by Crippen LogP contribution is 2.32. The Hall–Kier alpha value is -1.22. The first-order valence-electron chi connectivity index (χ1n) is 5.91. The summed E-state index contributed by atoms with van der Waals surface area (Å²) in [7, 11) is 0. The summed E-state index contributed by atoms with van der Waals surface area (Å²) in [5, 5.41) is 0. The van der Waals surface area contributed by atoms with E-state index in [0.29, 0.717) is 18.9 Å². The van der Waals surface area contributed by atoms with Crippen LogP contribution in [0.5, 0.6) is 5.75 Å². The second kappa shape index (κ2) is 5.75. The summed E-state index contributed by atoms with van der Waals surface area (Å²) >= 11 is 0. The Morgan fingerprint density at radius 2 is 1.94 bits per heavy atom. The molecular weight excluding hydrogens is 202 g/mol. The lowest BCUT2D eigenvalue weighted by molar-refractivity contribution is 0.0961. The highest BCUT2D eigenvalue weighted by molar-refractivity contribution is 5.51. The molecule has 0 amide bonds. The molecule has 3 heteroatoms.